The Balaban J connectivity index is 2.11. The summed E-state index contributed by atoms with van der Waals surface area (Å²) in [7, 11) is 1.88. The van der Waals surface area contributed by atoms with Crippen molar-refractivity contribution >= 4 is 11.8 Å². The number of nitrogens with zero attached hydrogens (tertiary/aromatic N) is 1. The molecule has 1 rings (SSSR count). The van der Waals surface area contributed by atoms with Crippen molar-refractivity contribution in [2.75, 3.05) is 32.4 Å². The second-order valence-corrected chi connectivity index (χ2v) is 4.58. The van der Waals surface area contributed by atoms with E-state index in [1.807, 2.05) is 11.9 Å². The summed E-state index contributed by atoms with van der Waals surface area (Å²) in [5, 5.41) is 3.19. The molecule has 1 atom stereocenters. The van der Waals surface area contributed by atoms with Gasteiger partial charge in [0.1, 0.15) is 0 Å². The molecule has 0 spiro atoms. The summed E-state index contributed by atoms with van der Waals surface area (Å²) in [6, 6.07) is 0.406. The predicted octanol–water partition coefficient (Wildman–Crippen LogP) is 1.53. The quantitative estimate of drug-likeness (QED) is 0.785. The first-order valence-corrected chi connectivity index (χ1v) is 5.59. The van der Waals surface area contributed by atoms with Gasteiger partial charge < -0.3 is 10.2 Å². The number of halogens is 3. The largest absolute Gasteiger partial charge is 0.441 e. The summed E-state index contributed by atoms with van der Waals surface area (Å²) in [6.45, 7) is 2.37. The van der Waals surface area contributed by atoms with Crippen molar-refractivity contribution in [2.45, 2.75) is 18.0 Å². The fourth-order valence-corrected chi connectivity index (χ4v) is 2.11. The van der Waals surface area contributed by atoms with Crippen LogP contribution in [0.25, 0.3) is 0 Å². The molecule has 1 saturated heterocycles. The van der Waals surface area contributed by atoms with Gasteiger partial charge in [-0.25, -0.2) is 0 Å². The van der Waals surface area contributed by atoms with E-state index in [0.29, 0.717) is 12.6 Å². The Bertz CT molecular complexity index is 168. The Morgan fingerprint density at radius 3 is 2.71 bits per heavy atom. The fourth-order valence-electron chi connectivity index (χ4n) is 1.50. The molecule has 6 heteroatoms. The molecule has 1 aliphatic rings. The molecule has 0 amide bonds. The number of nitrogens with one attached hydrogen (secondary N) is 1. The molecule has 1 N–H and O–H groups in total. The highest BCUT2D eigenvalue weighted by Crippen LogP contribution is 2.29. The van der Waals surface area contributed by atoms with E-state index in [4.69, 9.17) is 0 Å². The van der Waals surface area contributed by atoms with Gasteiger partial charge in [0, 0.05) is 24.9 Å². The van der Waals surface area contributed by atoms with Crippen molar-refractivity contribution in [1.29, 1.82) is 0 Å². The number of hydrogen-bond acceptors (Lipinski definition) is 3. The normalized spacial score (nSPS) is 23.4. The maximum absolute atomic E-state index is 11.8. The Kier molecular flexibility index (Phi) is 4.53. The average Bonchev–Trinajstić information content (AvgIpc) is 2.53. The number of alkyl halides is 3. The molecule has 14 heavy (non-hydrogen) atoms. The van der Waals surface area contributed by atoms with Gasteiger partial charge in [0.05, 0.1) is 0 Å². The van der Waals surface area contributed by atoms with Gasteiger partial charge in [-0.2, -0.15) is 13.2 Å². The van der Waals surface area contributed by atoms with Crippen LogP contribution in [0.1, 0.15) is 6.42 Å². The first kappa shape index (κ1) is 12.1. The molecule has 1 unspecified atom stereocenters. The molecule has 1 fully saturated rings. The van der Waals surface area contributed by atoms with Crippen LogP contribution in [-0.4, -0.2) is 48.9 Å². The first-order valence-electron chi connectivity index (χ1n) is 4.60. The van der Waals surface area contributed by atoms with E-state index in [1.165, 1.54) is 0 Å². The third-order valence-electron chi connectivity index (χ3n) is 2.37. The Morgan fingerprint density at radius 2 is 2.21 bits per heavy atom. The standard InChI is InChI=1S/C8H15F3N2S/c1-13(7-2-3-12-6-7)4-5-14-8(9,10)11/h7,12H,2-6H2,1H3. The van der Waals surface area contributed by atoms with Crippen LogP contribution < -0.4 is 5.32 Å². The number of thioether (sulfide) groups is 1. The zero-order valence-corrected chi connectivity index (χ0v) is 8.92. The number of hydrogen-bond donors (Lipinski definition) is 1. The highest BCUT2D eigenvalue weighted by atomic mass is 32.2. The van der Waals surface area contributed by atoms with Crippen molar-refractivity contribution in [3.05, 3.63) is 0 Å². The van der Waals surface area contributed by atoms with Crippen LogP contribution >= 0.6 is 11.8 Å². The minimum atomic E-state index is -4.09. The van der Waals surface area contributed by atoms with Crippen LogP contribution in [0.3, 0.4) is 0 Å². The van der Waals surface area contributed by atoms with E-state index < -0.39 is 5.51 Å². The molecule has 1 heterocycles. The topological polar surface area (TPSA) is 15.3 Å². The summed E-state index contributed by atoms with van der Waals surface area (Å²) in [5.41, 5.74) is -4.09. The molecule has 0 aromatic heterocycles. The zero-order chi connectivity index (χ0) is 10.6. The third kappa shape index (κ3) is 4.52. The Hall–Kier alpha value is 0.0600. The average molecular weight is 228 g/mol. The fraction of sp³-hybridized carbons (Fsp3) is 1.00. The molecule has 1 aliphatic heterocycles. The van der Waals surface area contributed by atoms with Crippen LogP contribution in [0.5, 0.6) is 0 Å². The van der Waals surface area contributed by atoms with Gasteiger partial charge in [-0.05, 0) is 31.8 Å². The molecule has 0 aliphatic carbocycles. The molecule has 0 radical (unpaired) electrons. The molecular formula is C8H15F3N2S. The highest BCUT2D eigenvalue weighted by Gasteiger charge is 2.28. The van der Waals surface area contributed by atoms with Crippen molar-refractivity contribution in [2.24, 2.45) is 0 Å². The summed E-state index contributed by atoms with van der Waals surface area (Å²) < 4.78 is 35.4. The lowest BCUT2D eigenvalue weighted by molar-refractivity contribution is -0.0328. The third-order valence-corrected chi connectivity index (χ3v) is 3.08. The Labute approximate surface area is 86.2 Å². The van der Waals surface area contributed by atoms with Gasteiger partial charge in [0.2, 0.25) is 0 Å². The predicted molar refractivity (Wildman–Crippen MR) is 52.4 cm³/mol. The molecule has 0 saturated carbocycles. The van der Waals surface area contributed by atoms with Crippen LogP contribution in [0.4, 0.5) is 13.2 Å². The molecule has 84 valence electrons. The lowest BCUT2D eigenvalue weighted by atomic mass is 10.2. The number of rotatable bonds is 4. The molecule has 0 aromatic carbocycles. The monoisotopic (exact) mass is 228 g/mol. The van der Waals surface area contributed by atoms with Gasteiger partial charge >= 0.3 is 5.51 Å². The summed E-state index contributed by atoms with van der Waals surface area (Å²) in [5.74, 6) is 0.122. The second kappa shape index (κ2) is 5.23. The zero-order valence-electron chi connectivity index (χ0n) is 8.10. The van der Waals surface area contributed by atoms with E-state index in [1.54, 1.807) is 0 Å². The van der Waals surface area contributed by atoms with Crippen LogP contribution in [0, 0.1) is 0 Å². The molecular weight excluding hydrogens is 213 g/mol. The Morgan fingerprint density at radius 1 is 1.50 bits per heavy atom. The van der Waals surface area contributed by atoms with Crippen LogP contribution in [0.15, 0.2) is 0 Å². The summed E-state index contributed by atoms with van der Waals surface area (Å²) >= 11 is 0.0586. The number of likely N-dealkylation sites (N-methyl/N-ethyl adjacent to an activating group) is 1. The van der Waals surface area contributed by atoms with Gasteiger partial charge in [-0.3, -0.25) is 0 Å². The van der Waals surface area contributed by atoms with E-state index >= 15 is 0 Å². The van der Waals surface area contributed by atoms with Crippen molar-refractivity contribution in [3.63, 3.8) is 0 Å². The minimum Gasteiger partial charge on any atom is -0.315 e. The van der Waals surface area contributed by atoms with Crippen molar-refractivity contribution < 1.29 is 13.2 Å². The van der Waals surface area contributed by atoms with Crippen molar-refractivity contribution in [1.82, 2.24) is 10.2 Å². The van der Waals surface area contributed by atoms with Gasteiger partial charge in [-0.15, -0.1) is 0 Å². The minimum absolute atomic E-state index is 0.0586. The second-order valence-electron chi connectivity index (χ2n) is 3.42. The molecule has 0 aromatic rings. The van der Waals surface area contributed by atoms with E-state index in [0.717, 1.165) is 19.5 Å². The van der Waals surface area contributed by atoms with Gasteiger partial charge in [0.25, 0.3) is 0 Å². The molecule has 0 bridgehead atoms. The molecule has 2 nitrogen and oxygen atoms in total. The first-order chi connectivity index (χ1) is 6.49. The maximum Gasteiger partial charge on any atom is 0.441 e. The van der Waals surface area contributed by atoms with E-state index in [9.17, 15) is 13.2 Å². The van der Waals surface area contributed by atoms with Crippen molar-refractivity contribution in [3.8, 4) is 0 Å². The summed E-state index contributed by atoms with van der Waals surface area (Å²) in [4.78, 5) is 2.00. The van der Waals surface area contributed by atoms with E-state index in [-0.39, 0.29) is 17.5 Å². The van der Waals surface area contributed by atoms with E-state index in [2.05, 4.69) is 5.32 Å². The van der Waals surface area contributed by atoms with Crippen LogP contribution in [0.2, 0.25) is 0 Å². The van der Waals surface area contributed by atoms with Crippen LogP contribution in [-0.2, 0) is 0 Å². The lowest BCUT2D eigenvalue weighted by Crippen LogP contribution is -2.35. The smallest absolute Gasteiger partial charge is 0.315 e. The van der Waals surface area contributed by atoms with Gasteiger partial charge in [-0.1, -0.05) is 0 Å². The lowest BCUT2D eigenvalue weighted by Gasteiger charge is -2.23. The van der Waals surface area contributed by atoms with Gasteiger partial charge in [0.15, 0.2) is 0 Å². The summed E-state index contributed by atoms with van der Waals surface area (Å²) in [6.07, 6.45) is 1.03. The highest BCUT2D eigenvalue weighted by molar-refractivity contribution is 8.00. The maximum atomic E-state index is 11.8. The SMILES string of the molecule is CN(CCSC(F)(F)F)C1CCNC1.